The lowest BCUT2D eigenvalue weighted by Crippen LogP contribution is -2.46. The summed E-state index contributed by atoms with van der Waals surface area (Å²) in [5.41, 5.74) is 3.33. The fraction of sp³-hybridized carbons (Fsp3) is 0.630. The third-order valence-corrected chi connectivity index (χ3v) is 7.93. The van der Waals surface area contributed by atoms with Gasteiger partial charge in [0.25, 0.3) is 5.91 Å². The number of nitriles is 1. The number of amides is 1. The van der Waals surface area contributed by atoms with E-state index in [0.29, 0.717) is 16.0 Å². The summed E-state index contributed by atoms with van der Waals surface area (Å²) in [6.07, 6.45) is 5.05. The third-order valence-electron chi connectivity index (χ3n) is 7.27. The van der Waals surface area contributed by atoms with Crippen molar-refractivity contribution in [1.29, 1.82) is 5.26 Å². The van der Waals surface area contributed by atoms with Crippen LogP contribution in [-0.2, 0) is 4.79 Å². The van der Waals surface area contributed by atoms with Gasteiger partial charge in [0.05, 0.1) is 11.6 Å². The number of carbonyl (C=O) groups excluding carboxylic acids is 1. The molecule has 3 unspecified atom stereocenters. The third kappa shape index (κ3) is 4.82. The van der Waals surface area contributed by atoms with Crippen LogP contribution in [0.3, 0.4) is 0 Å². The van der Waals surface area contributed by atoms with Crippen molar-refractivity contribution in [2.75, 3.05) is 11.5 Å². The molecule has 32 heavy (non-hydrogen) atoms. The lowest BCUT2D eigenvalue weighted by atomic mass is 9.69. The molecule has 4 nitrogen and oxygen atoms in total. The highest BCUT2D eigenvalue weighted by Gasteiger charge is 2.49. The molecule has 0 bridgehead atoms. The molecular weight excluding hydrogens is 464 g/mol. The summed E-state index contributed by atoms with van der Waals surface area (Å²) in [4.78, 5) is 16.1. The van der Waals surface area contributed by atoms with E-state index in [1.807, 2.05) is 17.0 Å². The minimum Gasteiger partial charge on any atom is -0.396 e. The van der Waals surface area contributed by atoms with Crippen LogP contribution in [0.1, 0.15) is 79.2 Å². The number of aliphatic hydroxyl groups excluding tert-OH is 1. The van der Waals surface area contributed by atoms with E-state index >= 15 is 0 Å². The Balaban J connectivity index is 2.14. The molecule has 3 rings (SSSR count). The van der Waals surface area contributed by atoms with E-state index in [2.05, 4.69) is 63.5 Å². The number of halogens is 1. The largest absolute Gasteiger partial charge is 0.396 e. The van der Waals surface area contributed by atoms with Crippen LogP contribution < -0.4 is 4.90 Å². The van der Waals surface area contributed by atoms with Gasteiger partial charge < -0.3 is 10.0 Å². The molecule has 1 saturated carbocycles. The lowest BCUT2D eigenvalue weighted by Gasteiger charge is -2.42. The van der Waals surface area contributed by atoms with E-state index in [4.69, 9.17) is 0 Å². The van der Waals surface area contributed by atoms with Crippen molar-refractivity contribution in [3.8, 4) is 6.07 Å². The van der Waals surface area contributed by atoms with Gasteiger partial charge in [0.2, 0.25) is 0 Å². The highest BCUT2D eigenvalue weighted by Crippen LogP contribution is 2.50. The van der Waals surface area contributed by atoms with E-state index in [1.54, 1.807) is 6.07 Å². The number of fused-ring (bicyclic) bond motifs is 1. The Labute approximate surface area is 201 Å². The second-order valence-electron chi connectivity index (χ2n) is 11.4. The van der Waals surface area contributed by atoms with Crippen LogP contribution in [0.15, 0.2) is 33.8 Å². The van der Waals surface area contributed by atoms with Gasteiger partial charge in [-0.05, 0) is 88.1 Å². The van der Waals surface area contributed by atoms with E-state index in [9.17, 15) is 15.2 Å². The second kappa shape index (κ2) is 9.31. The maximum absolute atomic E-state index is 14.1. The standard InChI is InChI=1S/C27H37BrN2O2/c1-17-8-7-9-21-23(18(2)14-26(3,4)16-31)25(32)30(24(21)27(5,6)13-17)20-11-10-19(15-29)22(28)12-20/h10-12,17-18,24,31H,7-9,13-14,16H2,1-6H3. The zero-order chi connectivity index (χ0) is 23.8. The first-order chi connectivity index (χ1) is 14.9. The molecule has 1 aromatic rings. The van der Waals surface area contributed by atoms with Gasteiger partial charge in [-0.15, -0.1) is 0 Å². The normalized spacial score (nSPS) is 24.6. The Bertz CT molecular complexity index is 957. The topological polar surface area (TPSA) is 64.3 Å². The summed E-state index contributed by atoms with van der Waals surface area (Å²) in [5, 5.41) is 19.2. The smallest absolute Gasteiger partial charge is 0.255 e. The van der Waals surface area contributed by atoms with Gasteiger partial charge in [-0.3, -0.25) is 4.79 Å². The Kier molecular flexibility index (Phi) is 7.27. The number of nitrogens with zero attached hydrogens (tertiary/aromatic N) is 2. The van der Waals surface area contributed by atoms with Gasteiger partial charge in [0, 0.05) is 22.3 Å². The molecule has 0 saturated heterocycles. The number of aliphatic hydroxyl groups is 1. The molecule has 1 heterocycles. The highest BCUT2D eigenvalue weighted by molar-refractivity contribution is 9.10. The first-order valence-corrected chi connectivity index (χ1v) is 12.6. The molecule has 2 aliphatic rings. The SMILES string of the molecule is CC1CCCC2=C(C(C)CC(C)(C)CO)C(=O)N(c3ccc(C#N)c(Br)c3)C2C(C)(C)C1. The summed E-state index contributed by atoms with van der Waals surface area (Å²) in [6.45, 7) is 13.3. The molecule has 0 spiro atoms. The second-order valence-corrected chi connectivity index (χ2v) is 12.3. The Morgan fingerprint density at radius 3 is 2.66 bits per heavy atom. The predicted octanol–water partition coefficient (Wildman–Crippen LogP) is 6.61. The minimum absolute atomic E-state index is 0.00674. The van der Waals surface area contributed by atoms with Crippen molar-refractivity contribution < 1.29 is 9.90 Å². The molecule has 1 aliphatic heterocycles. The Hall–Kier alpha value is -1.64. The van der Waals surface area contributed by atoms with E-state index in [1.165, 1.54) is 12.0 Å². The van der Waals surface area contributed by atoms with E-state index in [-0.39, 0.29) is 35.3 Å². The monoisotopic (exact) mass is 500 g/mol. The molecule has 1 aromatic carbocycles. The van der Waals surface area contributed by atoms with Crippen LogP contribution in [0.25, 0.3) is 0 Å². The number of benzene rings is 1. The van der Waals surface area contributed by atoms with Gasteiger partial charge in [-0.25, -0.2) is 0 Å². The molecular formula is C27H37BrN2O2. The quantitative estimate of drug-likeness (QED) is 0.494. The molecule has 1 amide bonds. The molecule has 5 heteroatoms. The molecule has 174 valence electrons. The number of anilines is 1. The van der Waals surface area contributed by atoms with Gasteiger partial charge in [-0.1, -0.05) is 48.0 Å². The maximum atomic E-state index is 14.1. The molecule has 3 atom stereocenters. The summed E-state index contributed by atoms with van der Waals surface area (Å²) in [6, 6.07) is 7.81. The Morgan fingerprint density at radius 2 is 2.06 bits per heavy atom. The van der Waals surface area contributed by atoms with Crippen molar-refractivity contribution in [2.24, 2.45) is 22.7 Å². The van der Waals surface area contributed by atoms with Crippen LogP contribution >= 0.6 is 15.9 Å². The van der Waals surface area contributed by atoms with Crippen LogP contribution in [0.2, 0.25) is 0 Å². The number of hydrogen-bond acceptors (Lipinski definition) is 3. The first-order valence-electron chi connectivity index (χ1n) is 11.8. The average Bonchev–Trinajstić information content (AvgIpc) is 2.99. The predicted molar refractivity (Wildman–Crippen MR) is 133 cm³/mol. The fourth-order valence-corrected chi connectivity index (χ4v) is 6.52. The molecule has 0 radical (unpaired) electrons. The molecule has 1 aliphatic carbocycles. The van der Waals surface area contributed by atoms with Crippen LogP contribution in [0, 0.1) is 34.0 Å². The Morgan fingerprint density at radius 1 is 1.38 bits per heavy atom. The highest BCUT2D eigenvalue weighted by atomic mass is 79.9. The summed E-state index contributed by atoms with van der Waals surface area (Å²) in [5.74, 6) is 0.776. The van der Waals surface area contributed by atoms with E-state index in [0.717, 1.165) is 36.9 Å². The van der Waals surface area contributed by atoms with Crippen LogP contribution in [-0.4, -0.2) is 23.7 Å². The van der Waals surface area contributed by atoms with Gasteiger partial charge >= 0.3 is 0 Å². The summed E-state index contributed by atoms with van der Waals surface area (Å²) >= 11 is 3.52. The molecule has 0 aromatic heterocycles. The first kappa shape index (κ1) is 25.0. The number of rotatable bonds is 5. The van der Waals surface area contributed by atoms with Gasteiger partial charge in [0.1, 0.15) is 6.07 Å². The van der Waals surface area contributed by atoms with Crippen LogP contribution in [0.5, 0.6) is 0 Å². The van der Waals surface area contributed by atoms with Gasteiger partial charge in [-0.2, -0.15) is 5.26 Å². The summed E-state index contributed by atoms with van der Waals surface area (Å²) in [7, 11) is 0. The maximum Gasteiger partial charge on any atom is 0.255 e. The fourth-order valence-electron chi connectivity index (χ4n) is 6.07. The van der Waals surface area contributed by atoms with Crippen molar-refractivity contribution in [3.05, 3.63) is 39.4 Å². The van der Waals surface area contributed by atoms with Crippen molar-refractivity contribution >= 4 is 27.5 Å². The zero-order valence-corrected chi connectivity index (χ0v) is 21.9. The van der Waals surface area contributed by atoms with Crippen molar-refractivity contribution in [3.63, 3.8) is 0 Å². The lowest BCUT2D eigenvalue weighted by molar-refractivity contribution is -0.115. The van der Waals surface area contributed by atoms with Crippen LogP contribution in [0.4, 0.5) is 5.69 Å². The zero-order valence-electron chi connectivity index (χ0n) is 20.3. The number of carbonyl (C=O) groups is 1. The van der Waals surface area contributed by atoms with Crippen molar-refractivity contribution in [2.45, 2.75) is 79.7 Å². The number of hydrogen-bond donors (Lipinski definition) is 1. The molecule has 1 fully saturated rings. The van der Waals surface area contributed by atoms with E-state index < -0.39 is 0 Å². The average molecular weight is 502 g/mol. The van der Waals surface area contributed by atoms with Crippen molar-refractivity contribution in [1.82, 2.24) is 0 Å². The molecule has 1 N–H and O–H groups in total. The van der Waals surface area contributed by atoms with Gasteiger partial charge in [0.15, 0.2) is 0 Å². The summed E-state index contributed by atoms with van der Waals surface area (Å²) < 4.78 is 0.715. The minimum atomic E-state index is -0.237.